The number of benzene rings is 1. The van der Waals surface area contributed by atoms with Crippen molar-refractivity contribution < 1.29 is 9.90 Å². The molecule has 0 aliphatic carbocycles. The van der Waals surface area contributed by atoms with Crippen LogP contribution < -0.4 is 5.43 Å². The van der Waals surface area contributed by atoms with Gasteiger partial charge in [-0.3, -0.25) is 10.2 Å². The lowest BCUT2D eigenvalue weighted by Crippen LogP contribution is -2.36. The van der Waals surface area contributed by atoms with E-state index in [2.05, 4.69) is 21.4 Å². The van der Waals surface area contributed by atoms with Crippen molar-refractivity contribution in [2.75, 3.05) is 13.2 Å². The number of hydrogen-bond acceptors (Lipinski definition) is 3. The Balaban J connectivity index is 2.25. The van der Waals surface area contributed by atoms with Gasteiger partial charge in [0.05, 0.1) is 12.6 Å². The van der Waals surface area contributed by atoms with Gasteiger partial charge in [0.1, 0.15) is 0 Å². The fraction of sp³-hybridized carbons (Fsp3) is 0.364. The zero-order chi connectivity index (χ0) is 11.5. The molecule has 86 valence electrons. The van der Waals surface area contributed by atoms with Crippen LogP contribution in [0.2, 0.25) is 0 Å². The van der Waals surface area contributed by atoms with Crippen LogP contribution in [0.3, 0.4) is 0 Å². The highest BCUT2D eigenvalue weighted by molar-refractivity contribution is 9.10. The Hall–Kier alpha value is -0.910. The fourth-order valence-corrected chi connectivity index (χ4v) is 2.46. The summed E-state index contributed by atoms with van der Waals surface area (Å²) in [4.78, 5) is 11.4. The van der Waals surface area contributed by atoms with Crippen molar-refractivity contribution in [2.45, 2.75) is 12.5 Å². The molecule has 4 nitrogen and oxygen atoms in total. The van der Waals surface area contributed by atoms with Gasteiger partial charge in [-0.1, -0.05) is 34.1 Å². The van der Waals surface area contributed by atoms with E-state index >= 15 is 0 Å². The molecule has 1 amide bonds. The number of hydrazine groups is 1. The lowest BCUT2D eigenvalue weighted by molar-refractivity contribution is -0.121. The predicted octanol–water partition coefficient (Wildman–Crippen LogP) is 1.22. The second-order valence-corrected chi connectivity index (χ2v) is 4.55. The predicted molar refractivity (Wildman–Crippen MR) is 63.4 cm³/mol. The minimum Gasteiger partial charge on any atom is -0.395 e. The van der Waals surface area contributed by atoms with Gasteiger partial charge >= 0.3 is 0 Å². The topological polar surface area (TPSA) is 52.6 Å². The lowest BCUT2D eigenvalue weighted by atomic mass is 10.0. The fourth-order valence-electron chi connectivity index (χ4n) is 1.91. The van der Waals surface area contributed by atoms with Crippen LogP contribution in [0.15, 0.2) is 28.7 Å². The van der Waals surface area contributed by atoms with Crippen LogP contribution in [0.1, 0.15) is 18.0 Å². The molecule has 0 bridgehead atoms. The third kappa shape index (κ3) is 2.26. The number of hydrogen-bond donors (Lipinski definition) is 2. The van der Waals surface area contributed by atoms with Crippen LogP contribution in [-0.4, -0.2) is 29.2 Å². The van der Waals surface area contributed by atoms with Crippen molar-refractivity contribution in [1.29, 1.82) is 0 Å². The number of aliphatic hydroxyl groups excluding tert-OH is 1. The summed E-state index contributed by atoms with van der Waals surface area (Å²) in [6.45, 7) is 0.471. The molecule has 2 N–H and O–H groups in total. The molecule has 1 saturated heterocycles. The molecular weight excluding hydrogens is 272 g/mol. The molecule has 1 aromatic carbocycles. The van der Waals surface area contributed by atoms with Crippen LogP contribution in [0.5, 0.6) is 0 Å². The van der Waals surface area contributed by atoms with E-state index in [0.29, 0.717) is 13.0 Å². The van der Waals surface area contributed by atoms with Gasteiger partial charge in [0.15, 0.2) is 0 Å². The number of amides is 1. The summed E-state index contributed by atoms with van der Waals surface area (Å²) >= 11 is 3.48. The number of carbonyl (C=O) groups is 1. The maximum Gasteiger partial charge on any atom is 0.236 e. The maximum absolute atomic E-state index is 11.4. The summed E-state index contributed by atoms with van der Waals surface area (Å²) in [5.74, 6) is -0.00537. The van der Waals surface area contributed by atoms with Gasteiger partial charge in [0.2, 0.25) is 5.91 Å². The normalized spacial score (nSPS) is 21.1. The largest absolute Gasteiger partial charge is 0.395 e. The maximum atomic E-state index is 11.4. The van der Waals surface area contributed by atoms with E-state index < -0.39 is 0 Å². The number of carbonyl (C=O) groups excluding carboxylic acids is 1. The van der Waals surface area contributed by atoms with Crippen molar-refractivity contribution in [3.8, 4) is 0 Å². The standard InChI is InChI=1S/C11H13BrN2O2/c12-9-4-2-1-3-8(9)10-7-11(16)13-14(10)5-6-15/h1-4,10,15H,5-7H2,(H,13,16). The SMILES string of the molecule is O=C1CC(c2ccccc2Br)N(CCO)N1. The third-order valence-corrected chi connectivity index (χ3v) is 3.35. The molecule has 1 fully saturated rings. The summed E-state index contributed by atoms with van der Waals surface area (Å²) in [6, 6.07) is 7.82. The van der Waals surface area contributed by atoms with E-state index in [0.717, 1.165) is 10.0 Å². The van der Waals surface area contributed by atoms with E-state index in [-0.39, 0.29) is 18.6 Å². The second kappa shape index (κ2) is 4.95. The van der Waals surface area contributed by atoms with Gasteiger partial charge < -0.3 is 5.11 Å². The Kier molecular flexibility index (Phi) is 3.58. The third-order valence-electron chi connectivity index (χ3n) is 2.63. The number of nitrogens with one attached hydrogen (secondary N) is 1. The van der Waals surface area contributed by atoms with E-state index in [1.807, 2.05) is 24.3 Å². The van der Waals surface area contributed by atoms with Crippen molar-refractivity contribution in [2.24, 2.45) is 0 Å². The number of rotatable bonds is 3. The number of aliphatic hydroxyl groups is 1. The first-order valence-corrected chi connectivity index (χ1v) is 5.93. The molecule has 0 saturated carbocycles. The first-order chi connectivity index (χ1) is 7.72. The van der Waals surface area contributed by atoms with E-state index in [1.54, 1.807) is 5.01 Å². The molecule has 0 aromatic heterocycles. The van der Waals surface area contributed by atoms with Gasteiger partial charge in [0.25, 0.3) is 0 Å². The smallest absolute Gasteiger partial charge is 0.236 e. The molecule has 1 heterocycles. The summed E-state index contributed by atoms with van der Waals surface area (Å²) in [7, 11) is 0. The van der Waals surface area contributed by atoms with E-state index in [1.165, 1.54) is 0 Å². The molecule has 5 heteroatoms. The molecule has 1 aliphatic heterocycles. The van der Waals surface area contributed by atoms with Gasteiger partial charge in [-0.15, -0.1) is 0 Å². The second-order valence-electron chi connectivity index (χ2n) is 3.69. The van der Waals surface area contributed by atoms with Gasteiger partial charge in [-0.25, -0.2) is 5.01 Å². The minimum absolute atomic E-state index is 0.00442. The van der Waals surface area contributed by atoms with E-state index in [9.17, 15) is 4.79 Å². The molecule has 16 heavy (non-hydrogen) atoms. The molecule has 1 aliphatic rings. The highest BCUT2D eigenvalue weighted by atomic mass is 79.9. The number of halogens is 1. The minimum atomic E-state index is -0.00537. The summed E-state index contributed by atoms with van der Waals surface area (Å²) in [5, 5.41) is 10.7. The van der Waals surface area contributed by atoms with Crippen LogP contribution in [0.4, 0.5) is 0 Å². The first-order valence-electron chi connectivity index (χ1n) is 5.14. The molecule has 0 spiro atoms. The Morgan fingerprint density at radius 3 is 2.94 bits per heavy atom. The average Bonchev–Trinajstić information content (AvgIpc) is 2.61. The van der Waals surface area contributed by atoms with Gasteiger partial charge in [0, 0.05) is 17.4 Å². The Bertz CT molecular complexity index is 397. The molecule has 1 aromatic rings. The van der Waals surface area contributed by atoms with Crippen molar-refractivity contribution >= 4 is 21.8 Å². The average molecular weight is 285 g/mol. The van der Waals surface area contributed by atoms with Crippen molar-refractivity contribution in [1.82, 2.24) is 10.4 Å². The van der Waals surface area contributed by atoms with Crippen LogP contribution in [0.25, 0.3) is 0 Å². The quantitative estimate of drug-likeness (QED) is 0.878. The number of nitrogens with zero attached hydrogens (tertiary/aromatic N) is 1. The molecule has 1 atom stereocenters. The van der Waals surface area contributed by atoms with Crippen molar-refractivity contribution in [3.63, 3.8) is 0 Å². The molecule has 0 radical (unpaired) electrons. The van der Waals surface area contributed by atoms with E-state index in [4.69, 9.17) is 5.11 Å². The summed E-state index contributed by atoms with van der Waals surface area (Å²) < 4.78 is 0.986. The van der Waals surface area contributed by atoms with Crippen LogP contribution in [0, 0.1) is 0 Å². The lowest BCUT2D eigenvalue weighted by Gasteiger charge is -2.23. The van der Waals surface area contributed by atoms with Crippen LogP contribution in [-0.2, 0) is 4.79 Å². The molecule has 2 rings (SSSR count). The summed E-state index contributed by atoms with van der Waals surface area (Å²) in [6.07, 6.45) is 0.433. The highest BCUT2D eigenvalue weighted by Gasteiger charge is 2.31. The highest BCUT2D eigenvalue weighted by Crippen LogP contribution is 2.32. The monoisotopic (exact) mass is 284 g/mol. The summed E-state index contributed by atoms with van der Waals surface area (Å²) in [5.41, 5.74) is 3.81. The van der Waals surface area contributed by atoms with Crippen molar-refractivity contribution in [3.05, 3.63) is 34.3 Å². The molecular formula is C11H13BrN2O2. The Morgan fingerprint density at radius 1 is 1.50 bits per heavy atom. The first kappa shape index (κ1) is 11.6. The Morgan fingerprint density at radius 2 is 2.25 bits per heavy atom. The molecule has 1 unspecified atom stereocenters. The van der Waals surface area contributed by atoms with Crippen LogP contribution >= 0.6 is 15.9 Å². The number of β-amino-alcohol motifs (C(OH)–C–C–N with tert-alkyl or cyclic N) is 1. The zero-order valence-electron chi connectivity index (χ0n) is 8.69. The Labute approximate surface area is 102 Å². The van der Waals surface area contributed by atoms with Gasteiger partial charge in [-0.2, -0.15) is 0 Å². The van der Waals surface area contributed by atoms with Gasteiger partial charge in [-0.05, 0) is 11.6 Å². The zero-order valence-corrected chi connectivity index (χ0v) is 10.3.